The molecule has 1 aromatic heterocycles. The topological polar surface area (TPSA) is 49.0 Å². The molecule has 1 aromatic carbocycles. The number of hydrogen-bond acceptors (Lipinski definition) is 2. The normalized spacial score (nSPS) is 16.6. The van der Waals surface area contributed by atoms with E-state index in [1.807, 2.05) is 23.2 Å². The van der Waals surface area contributed by atoms with Crippen molar-refractivity contribution in [3.05, 3.63) is 53.6 Å². The van der Waals surface area contributed by atoms with E-state index in [0.717, 1.165) is 31.5 Å². The van der Waals surface area contributed by atoms with E-state index in [1.54, 1.807) is 6.33 Å². The first-order valence-corrected chi connectivity index (χ1v) is 8.33. The van der Waals surface area contributed by atoms with Gasteiger partial charge in [-0.15, -0.1) is 0 Å². The van der Waals surface area contributed by atoms with Gasteiger partial charge < -0.3 is 9.88 Å². The molecule has 3 rings (SSSR count). The van der Waals surface area contributed by atoms with Crippen LogP contribution in [0, 0.1) is 0 Å². The van der Waals surface area contributed by atoms with Gasteiger partial charge in [-0.3, -0.25) is 4.79 Å². The van der Waals surface area contributed by atoms with Crippen LogP contribution in [0.4, 0.5) is 0 Å². The molecule has 1 aliphatic rings. The molecule has 0 aliphatic carbocycles. The largest absolute Gasteiger partial charge is 0.348 e. The second-order valence-corrected chi connectivity index (χ2v) is 7.40. The molecular weight excluding hydrogens is 286 g/mol. The zero-order valence-corrected chi connectivity index (χ0v) is 14.2. The molecule has 2 heterocycles. The number of benzene rings is 1. The van der Waals surface area contributed by atoms with Gasteiger partial charge in [0.25, 0.3) is 5.91 Å². The number of piperidine rings is 1. The number of carbonyl (C=O) groups excluding carboxylic acids is 1. The van der Waals surface area contributed by atoms with Crippen LogP contribution in [0.15, 0.2) is 36.8 Å². The van der Waals surface area contributed by atoms with Crippen LogP contribution in [0.3, 0.4) is 0 Å². The summed E-state index contributed by atoms with van der Waals surface area (Å²) in [6.45, 7) is 8.17. The molecule has 23 heavy (non-hydrogen) atoms. The summed E-state index contributed by atoms with van der Waals surface area (Å²) in [5.74, 6) is 0.637. The summed E-state index contributed by atoms with van der Waals surface area (Å²) in [4.78, 5) is 21.9. The van der Waals surface area contributed by atoms with Crippen molar-refractivity contribution in [2.24, 2.45) is 0 Å². The number of hydrogen-bond donors (Lipinski definition) is 1. The van der Waals surface area contributed by atoms with Crippen molar-refractivity contribution in [2.45, 2.75) is 44.9 Å². The van der Waals surface area contributed by atoms with Gasteiger partial charge >= 0.3 is 0 Å². The van der Waals surface area contributed by atoms with Gasteiger partial charge in [-0.05, 0) is 36.0 Å². The second-order valence-electron chi connectivity index (χ2n) is 7.40. The average molecular weight is 311 g/mol. The second kappa shape index (κ2) is 6.19. The maximum atomic E-state index is 12.7. The number of aromatic nitrogens is 2. The highest BCUT2D eigenvalue weighted by atomic mass is 16.2. The molecule has 1 fully saturated rings. The van der Waals surface area contributed by atoms with Crippen LogP contribution < -0.4 is 0 Å². The van der Waals surface area contributed by atoms with Gasteiger partial charge in [0.05, 0.1) is 6.33 Å². The highest BCUT2D eigenvalue weighted by Gasteiger charge is 2.25. The molecule has 0 saturated carbocycles. The molecule has 0 atom stereocenters. The van der Waals surface area contributed by atoms with Crippen molar-refractivity contribution in [1.82, 2.24) is 14.9 Å². The minimum atomic E-state index is 0.115. The first-order chi connectivity index (χ1) is 10.9. The maximum absolute atomic E-state index is 12.7. The number of aromatic amines is 1. The first kappa shape index (κ1) is 15.8. The minimum Gasteiger partial charge on any atom is -0.348 e. The molecule has 1 N–H and O–H groups in total. The summed E-state index contributed by atoms with van der Waals surface area (Å²) in [5, 5.41) is 0. The molecule has 0 bridgehead atoms. The van der Waals surface area contributed by atoms with Crippen LogP contribution in [0.2, 0.25) is 0 Å². The molecule has 0 unspecified atom stereocenters. The molecule has 2 aromatic rings. The highest BCUT2D eigenvalue weighted by molar-refractivity contribution is 5.94. The molecular formula is C19H25N3O. The van der Waals surface area contributed by atoms with Crippen LogP contribution >= 0.6 is 0 Å². The monoisotopic (exact) mass is 311 g/mol. The van der Waals surface area contributed by atoms with Crippen molar-refractivity contribution in [3.63, 3.8) is 0 Å². The molecule has 1 amide bonds. The minimum absolute atomic E-state index is 0.115. The molecule has 0 radical (unpaired) electrons. The Hall–Kier alpha value is -2.10. The van der Waals surface area contributed by atoms with Crippen molar-refractivity contribution in [1.29, 1.82) is 0 Å². The van der Waals surface area contributed by atoms with Crippen molar-refractivity contribution in [3.8, 4) is 0 Å². The Bertz CT molecular complexity index is 645. The molecule has 0 spiro atoms. The Morgan fingerprint density at radius 2 is 1.83 bits per heavy atom. The van der Waals surface area contributed by atoms with Crippen molar-refractivity contribution >= 4 is 5.91 Å². The predicted molar refractivity (Wildman–Crippen MR) is 91.6 cm³/mol. The Kier molecular flexibility index (Phi) is 4.24. The summed E-state index contributed by atoms with van der Waals surface area (Å²) in [7, 11) is 0. The lowest BCUT2D eigenvalue weighted by Crippen LogP contribution is -2.38. The molecule has 4 nitrogen and oxygen atoms in total. The van der Waals surface area contributed by atoms with E-state index in [9.17, 15) is 4.79 Å². The number of imidazole rings is 1. The van der Waals surface area contributed by atoms with Crippen LogP contribution in [-0.4, -0.2) is 33.9 Å². The van der Waals surface area contributed by atoms with Gasteiger partial charge in [0.15, 0.2) is 0 Å². The van der Waals surface area contributed by atoms with Crippen LogP contribution in [0.5, 0.6) is 0 Å². The smallest absolute Gasteiger partial charge is 0.253 e. The Morgan fingerprint density at radius 1 is 1.17 bits per heavy atom. The quantitative estimate of drug-likeness (QED) is 0.918. The van der Waals surface area contributed by atoms with E-state index in [1.165, 1.54) is 11.3 Å². The first-order valence-electron chi connectivity index (χ1n) is 8.33. The number of nitrogens with zero attached hydrogens (tertiary/aromatic N) is 2. The van der Waals surface area contributed by atoms with E-state index < -0.39 is 0 Å². The van der Waals surface area contributed by atoms with E-state index in [4.69, 9.17) is 0 Å². The number of amides is 1. The average Bonchev–Trinajstić information content (AvgIpc) is 3.08. The fraction of sp³-hybridized carbons (Fsp3) is 0.474. The van der Waals surface area contributed by atoms with Gasteiger partial charge in [-0.1, -0.05) is 32.9 Å². The fourth-order valence-corrected chi connectivity index (χ4v) is 3.18. The van der Waals surface area contributed by atoms with Crippen LogP contribution in [0.25, 0.3) is 0 Å². The number of H-pyrrole nitrogens is 1. The SMILES string of the molecule is CC(C)(C)c1ccc(C(=O)N2CCC(c3cnc[nH]3)CC2)cc1. The third-order valence-corrected chi connectivity index (χ3v) is 4.74. The van der Waals surface area contributed by atoms with Gasteiger partial charge in [0.2, 0.25) is 0 Å². The lowest BCUT2D eigenvalue weighted by Gasteiger charge is -2.31. The van der Waals surface area contributed by atoms with E-state index >= 15 is 0 Å². The summed E-state index contributed by atoms with van der Waals surface area (Å²) in [6.07, 6.45) is 5.61. The molecule has 4 heteroatoms. The lowest BCUT2D eigenvalue weighted by molar-refractivity contribution is 0.0712. The van der Waals surface area contributed by atoms with Crippen molar-refractivity contribution in [2.75, 3.05) is 13.1 Å². The lowest BCUT2D eigenvalue weighted by atomic mass is 9.86. The standard InChI is InChI=1S/C19H25N3O/c1-19(2,3)16-6-4-15(5-7-16)18(23)22-10-8-14(9-11-22)17-12-20-13-21-17/h4-7,12-14H,8-11H2,1-3H3,(H,20,21). The summed E-state index contributed by atoms with van der Waals surface area (Å²) in [5.41, 5.74) is 3.35. The number of likely N-dealkylation sites (tertiary alicyclic amines) is 1. The summed E-state index contributed by atoms with van der Waals surface area (Å²) >= 11 is 0. The Balaban J connectivity index is 1.63. The van der Waals surface area contributed by atoms with Gasteiger partial charge in [0.1, 0.15) is 0 Å². The molecule has 1 aliphatic heterocycles. The number of carbonyl (C=O) groups is 1. The van der Waals surface area contributed by atoms with Crippen molar-refractivity contribution < 1.29 is 4.79 Å². The van der Waals surface area contributed by atoms with E-state index in [-0.39, 0.29) is 11.3 Å². The van der Waals surface area contributed by atoms with E-state index in [0.29, 0.717) is 5.92 Å². The zero-order chi connectivity index (χ0) is 16.4. The Labute approximate surface area is 137 Å². The van der Waals surface area contributed by atoms with Crippen LogP contribution in [0.1, 0.15) is 61.1 Å². The number of rotatable bonds is 2. The molecule has 122 valence electrons. The van der Waals surface area contributed by atoms with Gasteiger partial charge in [-0.2, -0.15) is 0 Å². The Morgan fingerprint density at radius 3 is 2.35 bits per heavy atom. The van der Waals surface area contributed by atoms with E-state index in [2.05, 4.69) is 42.9 Å². The highest BCUT2D eigenvalue weighted by Crippen LogP contribution is 2.27. The summed E-state index contributed by atoms with van der Waals surface area (Å²) in [6, 6.07) is 8.07. The van der Waals surface area contributed by atoms with Gasteiger partial charge in [0, 0.05) is 36.5 Å². The number of nitrogens with one attached hydrogen (secondary N) is 1. The fourth-order valence-electron chi connectivity index (χ4n) is 3.18. The van der Waals surface area contributed by atoms with Crippen LogP contribution in [-0.2, 0) is 5.41 Å². The van der Waals surface area contributed by atoms with Gasteiger partial charge in [-0.25, -0.2) is 4.98 Å². The maximum Gasteiger partial charge on any atom is 0.253 e. The zero-order valence-electron chi connectivity index (χ0n) is 14.2. The summed E-state index contributed by atoms with van der Waals surface area (Å²) < 4.78 is 0. The third kappa shape index (κ3) is 3.46. The molecule has 1 saturated heterocycles. The third-order valence-electron chi connectivity index (χ3n) is 4.74. The predicted octanol–water partition coefficient (Wildman–Crippen LogP) is 3.73.